The molecule has 4 atom stereocenters. The molecule has 0 spiro atoms. The highest BCUT2D eigenvalue weighted by Gasteiger charge is 2.37. The van der Waals surface area contributed by atoms with Gasteiger partial charge < -0.3 is 19.5 Å². The zero-order valence-electron chi connectivity index (χ0n) is 15.6. The Morgan fingerprint density at radius 2 is 2.08 bits per heavy atom. The summed E-state index contributed by atoms with van der Waals surface area (Å²) < 4.78 is 6.69. The second kappa shape index (κ2) is 7.51. The number of hydrogen-bond acceptors (Lipinski definition) is 4. The highest BCUT2D eigenvalue weighted by atomic mass is 16.5. The van der Waals surface area contributed by atoms with Gasteiger partial charge in [0, 0.05) is 37.3 Å². The molecule has 0 aromatic carbocycles. The van der Waals surface area contributed by atoms with Gasteiger partial charge in [0.05, 0.1) is 7.11 Å². The third-order valence-electron chi connectivity index (χ3n) is 5.71. The molecule has 1 saturated heterocycles. The van der Waals surface area contributed by atoms with Crippen molar-refractivity contribution in [2.24, 2.45) is 11.8 Å². The van der Waals surface area contributed by atoms with E-state index in [1.807, 2.05) is 24.5 Å². The van der Waals surface area contributed by atoms with E-state index in [2.05, 4.69) is 5.32 Å². The van der Waals surface area contributed by atoms with Gasteiger partial charge >= 0.3 is 12.0 Å². The number of carbonyl (C=O) groups is 2. The Morgan fingerprint density at radius 3 is 2.77 bits per heavy atom. The predicted octanol–water partition coefficient (Wildman–Crippen LogP) is 1.56. The molecule has 142 valence electrons. The van der Waals surface area contributed by atoms with Crippen molar-refractivity contribution in [2.45, 2.75) is 45.2 Å². The summed E-state index contributed by atoms with van der Waals surface area (Å²) in [5, 5.41) is 2.86. The number of urea groups is 1. The van der Waals surface area contributed by atoms with Crippen LogP contribution in [0.5, 0.6) is 0 Å². The summed E-state index contributed by atoms with van der Waals surface area (Å²) in [5.41, 5.74) is 1.02. The van der Waals surface area contributed by atoms with Crippen molar-refractivity contribution < 1.29 is 14.3 Å². The topological polar surface area (TPSA) is 80.6 Å². The lowest BCUT2D eigenvalue weighted by atomic mass is 9.83. The number of likely N-dealkylation sites (tertiary alicyclic amines) is 1. The quantitative estimate of drug-likeness (QED) is 0.826. The summed E-state index contributed by atoms with van der Waals surface area (Å²) in [7, 11) is 1.34. The minimum absolute atomic E-state index is 0.00464. The van der Waals surface area contributed by atoms with Crippen LogP contribution in [0.3, 0.4) is 0 Å². The Bertz CT molecular complexity index is 745. The van der Waals surface area contributed by atoms with Crippen molar-refractivity contribution in [3.8, 4) is 0 Å². The number of aromatic nitrogens is 1. The van der Waals surface area contributed by atoms with Crippen LogP contribution in [0, 0.1) is 11.8 Å². The molecule has 0 unspecified atom stereocenters. The minimum Gasteiger partial charge on any atom is -0.467 e. The molecule has 2 aliphatic heterocycles. The molecule has 3 heterocycles. The first-order valence-electron chi connectivity index (χ1n) is 9.27. The summed E-state index contributed by atoms with van der Waals surface area (Å²) in [5.74, 6) is -0.00797. The Hall–Kier alpha value is -2.31. The molecule has 1 fully saturated rings. The number of amides is 2. The van der Waals surface area contributed by atoms with E-state index < -0.39 is 12.0 Å². The highest BCUT2D eigenvalue weighted by Crippen LogP contribution is 2.34. The lowest BCUT2D eigenvalue weighted by molar-refractivity contribution is -0.144. The van der Waals surface area contributed by atoms with Gasteiger partial charge in [0.2, 0.25) is 0 Å². The van der Waals surface area contributed by atoms with E-state index in [-0.39, 0.29) is 29.3 Å². The van der Waals surface area contributed by atoms with Crippen LogP contribution < -0.4 is 10.9 Å². The molecular formula is C19H27N3O4. The molecule has 1 aromatic rings. The zero-order valence-corrected chi connectivity index (χ0v) is 15.6. The first-order chi connectivity index (χ1) is 12.4. The van der Waals surface area contributed by atoms with Crippen molar-refractivity contribution in [3.63, 3.8) is 0 Å². The third kappa shape index (κ3) is 3.48. The number of esters is 1. The number of nitrogens with zero attached hydrogens (tertiary/aromatic N) is 2. The van der Waals surface area contributed by atoms with Crippen molar-refractivity contribution in [1.82, 2.24) is 14.8 Å². The number of fused-ring (bicyclic) bond motifs is 4. The molecule has 1 aromatic heterocycles. The number of piperidine rings is 1. The van der Waals surface area contributed by atoms with Crippen LogP contribution in [0.2, 0.25) is 0 Å². The first-order valence-corrected chi connectivity index (χ1v) is 9.27. The van der Waals surface area contributed by atoms with E-state index >= 15 is 0 Å². The monoisotopic (exact) mass is 361 g/mol. The zero-order chi connectivity index (χ0) is 18.8. The Labute approximate surface area is 153 Å². The second-order valence-electron chi connectivity index (χ2n) is 7.44. The third-order valence-corrected chi connectivity index (χ3v) is 5.71. The number of hydrogen-bond donors (Lipinski definition) is 1. The highest BCUT2D eigenvalue weighted by molar-refractivity contribution is 5.84. The number of nitrogens with one attached hydrogen (secondary N) is 1. The van der Waals surface area contributed by atoms with Crippen LogP contribution in [-0.4, -0.2) is 47.7 Å². The van der Waals surface area contributed by atoms with E-state index in [0.717, 1.165) is 18.5 Å². The Morgan fingerprint density at radius 1 is 1.31 bits per heavy atom. The van der Waals surface area contributed by atoms with E-state index in [1.54, 1.807) is 17.0 Å². The molecule has 0 saturated carbocycles. The van der Waals surface area contributed by atoms with Gasteiger partial charge in [-0.25, -0.2) is 9.59 Å². The van der Waals surface area contributed by atoms with Crippen LogP contribution in [0.25, 0.3) is 0 Å². The maximum atomic E-state index is 12.8. The summed E-state index contributed by atoms with van der Waals surface area (Å²) >= 11 is 0. The Kier molecular flexibility index (Phi) is 5.34. The van der Waals surface area contributed by atoms with E-state index in [4.69, 9.17) is 4.74 Å². The molecule has 0 radical (unpaired) electrons. The maximum Gasteiger partial charge on any atom is 0.328 e. The normalized spacial score (nSPS) is 23.6. The first kappa shape index (κ1) is 18.5. The number of ether oxygens (including phenoxy) is 1. The fraction of sp³-hybridized carbons (Fsp3) is 0.632. The number of rotatable bonds is 4. The largest absolute Gasteiger partial charge is 0.467 e. The molecule has 7 heteroatoms. The molecule has 2 amide bonds. The fourth-order valence-corrected chi connectivity index (χ4v) is 4.08. The average molecular weight is 361 g/mol. The van der Waals surface area contributed by atoms with Crippen molar-refractivity contribution in [1.29, 1.82) is 0 Å². The smallest absolute Gasteiger partial charge is 0.328 e. The lowest BCUT2D eigenvalue weighted by Gasteiger charge is -2.43. The molecule has 7 nitrogen and oxygen atoms in total. The van der Waals surface area contributed by atoms with Crippen LogP contribution >= 0.6 is 0 Å². The van der Waals surface area contributed by atoms with Gasteiger partial charge in [0.1, 0.15) is 6.04 Å². The molecule has 3 rings (SSSR count). The van der Waals surface area contributed by atoms with Gasteiger partial charge in [-0.05, 0) is 24.3 Å². The average Bonchev–Trinajstić information content (AvgIpc) is 2.65. The van der Waals surface area contributed by atoms with Crippen molar-refractivity contribution >= 4 is 12.0 Å². The molecule has 1 N–H and O–H groups in total. The van der Waals surface area contributed by atoms with Crippen LogP contribution in [0.1, 0.15) is 38.3 Å². The summed E-state index contributed by atoms with van der Waals surface area (Å²) in [6, 6.07) is 4.46. The molecular weight excluding hydrogens is 334 g/mol. The van der Waals surface area contributed by atoms with Crippen LogP contribution in [0.15, 0.2) is 23.0 Å². The minimum atomic E-state index is -0.644. The molecule has 0 aliphatic carbocycles. The van der Waals surface area contributed by atoms with Gasteiger partial charge in [-0.2, -0.15) is 0 Å². The van der Waals surface area contributed by atoms with Crippen molar-refractivity contribution in [3.05, 3.63) is 34.2 Å². The van der Waals surface area contributed by atoms with Crippen LogP contribution in [0.4, 0.5) is 4.79 Å². The van der Waals surface area contributed by atoms with Gasteiger partial charge in [-0.1, -0.05) is 26.3 Å². The standard InChI is InChI=1S/C19H27N3O4/c1-4-12(2)17(18(24)26-3)20-19(25)21-9-13-8-14(11-21)15-6-5-7-16(23)22(15)10-13/h5-7,12-14,17H,4,8-11H2,1-3H3,(H,20,25)/t12-,13-,14-,17+/m1/s1. The van der Waals surface area contributed by atoms with E-state index in [9.17, 15) is 14.4 Å². The Balaban J connectivity index is 1.74. The summed E-state index contributed by atoms with van der Waals surface area (Å²) in [6.07, 6.45) is 1.75. The summed E-state index contributed by atoms with van der Waals surface area (Å²) in [6.45, 7) is 5.70. The van der Waals surface area contributed by atoms with Gasteiger partial charge in [0.15, 0.2) is 0 Å². The van der Waals surface area contributed by atoms with Crippen molar-refractivity contribution in [2.75, 3.05) is 20.2 Å². The molecule has 2 bridgehead atoms. The number of pyridine rings is 1. The number of methoxy groups -OCH3 is 1. The molecule has 2 aliphatic rings. The van der Waals surface area contributed by atoms with Crippen LogP contribution in [-0.2, 0) is 16.1 Å². The SMILES string of the molecule is CC[C@@H](C)[C@H](NC(=O)N1C[C@H]2C[C@H](C1)c1cccc(=O)n1C2)C(=O)OC. The lowest BCUT2D eigenvalue weighted by Crippen LogP contribution is -2.55. The van der Waals surface area contributed by atoms with E-state index in [0.29, 0.717) is 19.6 Å². The van der Waals surface area contributed by atoms with E-state index in [1.165, 1.54) is 7.11 Å². The molecule has 26 heavy (non-hydrogen) atoms. The van der Waals surface area contributed by atoms with Gasteiger partial charge in [0.25, 0.3) is 5.56 Å². The number of carbonyl (C=O) groups excluding carboxylic acids is 2. The van der Waals surface area contributed by atoms with Gasteiger partial charge in [-0.15, -0.1) is 0 Å². The maximum absolute atomic E-state index is 12.8. The second-order valence-corrected chi connectivity index (χ2v) is 7.44. The predicted molar refractivity (Wildman–Crippen MR) is 96.9 cm³/mol. The fourth-order valence-electron chi connectivity index (χ4n) is 4.08. The summed E-state index contributed by atoms with van der Waals surface area (Å²) in [4.78, 5) is 38.7. The van der Waals surface area contributed by atoms with Gasteiger partial charge in [-0.3, -0.25) is 4.79 Å².